The minimum Gasteiger partial charge on any atom is -0.494 e. The molecular formula is C19H20N4O4S. The lowest BCUT2D eigenvalue weighted by Crippen LogP contribution is -2.37. The van der Waals surface area contributed by atoms with E-state index in [9.17, 15) is 14.4 Å². The maximum absolute atomic E-state index is 13.0. The highest BCUT2D eigenvalue weighted by molar-refractivity contribution is 7.17. The number of methoxy groups -OCH3 is 1. The molecule has 0 saturated heterocycles. The van der Waals surface area contributed by atoms with Crippen LogP contribution in [-0.2, 0) is 17.8 Å². The van der Waals surface area contributed by atoms with Crippen molar-refractivity contribution in [1.82, 2.24) is 14.8 Å². The average molecular weight is 400 g/mol. The predicted molar refractivity (Wildman–Crippen MR) is 104 cm³/mol. The molecule has 0 aliphatic carbocycles. The van der Waals surface area contributed by atoms with Gasteiger partial charge in [0.15, 0.2) is 5.69 Å². The molecular weight excluding hydrogens is 380 g/mol. The van der Waals surface area contributed by atoms with Gasteiger partial charge in [-0.3, -0.25) is 14.4 Å². The SMILES string of the molecule is COc1cccnc1C(=O)N1CCc2c(sc3c2C(=O)N(C)CC(=O)N3C)C1. The molecule has 0 saturated carbocycles. The van der Waals surface area contributed by atoms with E-state index in [2.05, 4.69) is 4.98 Å². The van der Waals surface area contributed by atoms with Crippen LogP contribution in [0.4, 0.5) is 5.00 Å². The number of rotatable bonds is 2. The fraction of sp³-hybridized carbons (Fsp3) is 0.368. The third kappa shape index (κ3) is 2.82. The van der Waals surface area contributed by atoms with Gasteiger partial charge in [0, 0.05) is 31.7 Å². The van der Waals surface area contributed by atoms with Gasteiger partial charge < -0.3 is 19.4 Å². The third-order valence-corrected chi connectivity index (χ3v) is 6.42. The Bertz CT molecular complexity index is 986. The van der Waals surface area contributed by atoms with Gasteiger partial charge in [0.05, 0.1) is 19.2 Å². The molecule has 0 bridgehead atoms. The Hall–Kier alpha value is -2.94. The smallest absolute Gasteiger partial charge is 0.276 e. The van der Waals surface area contributed by atoms with E-state index in [0.29, 0.717) is 35.8 Å². The number of likely N-dealkylation sites (N-methyl/N-ethyl adjacent to an activating group) is 2. The number of hydrogen-bond donors (Lipinski definition) is 0. The monoisotopic (exact) mass is 400 g/mol. The summed E-state index contributed by atoms with van der Waals surface area (Å²) >= 11 is 1.41. The molecule has 0 N–H and O–H groups in total. The van der Waals surface area contributed by atoms with Crippen molar-refractivity contribution >= 4 is 34.1 Å². The molecule has 0 atom stereocenters. The number of carbonyl (C=O) groups excluding carboxylic acids is 3. The molecule has 0 aromatic carbocycles. The van der Waals surface area contributed by atoms with Crippen molar-refractivity contribution in [3.8, 4) is 5.75 Å². The third-order valence-electron chi connectivity index (χ3n) is 5.13. The molecule has 28 heavy (non-hydrogen) atoms. The Morgan fingerprint density at radius 3 is 2.79 bits per heavy atom. The lowest BCUT2D eigenvalue weighted by atomic mass is 10.0. The number of amides is 3. The van der Waals surface area contributed by atoms with Crippen LogP contribution in [0.1, 0.15) is 31.3 Å². The van der Waals surface area contributed by atoms with Gasteiger partial charge in [-0.2, -0.15) is 0 Å². The first-order chi connectivity index (χ1) is 13.4. The Labute approximate surface area is 166 Å². The van der Waals surface area contributed by atoms with Crippen molar-refractivity contribution in [3.05, 3.63) is 40.0 Å². The van der Waals surface area contributed by atoms with Crippen LogP contribution in [-0.4, -0.2) is 66.8 Å². The van der Waals surface area contributed by atoms with Crippen molar-refractivity contribution in [2.45, 2.75) is 13.0 Å². The molecule has 146 valence electrons. The molecule has 4 heterocycles. The van der Waals surface area contributed by atoms with Gasteiger partial charge in [-0.15, -0.1) is 11.3 Å². The van der Waals surface area contributed by atoms with Crippen molar-refractivity contribution in [1.29, 1.82) is 0 Å². The molecule has 4 rings (SSSR count). The minimum atomic E-state index is -0.209. The standard InChI is InChI=1S/C19H20N4O4S/c1-21-10-14(24)22(2)19-15(17(21)25)11-6-8-23(9-13(11)28-19)18(26)16-12(27-3)5-4-7-20-16/h4-5,7H,6,8-10H2,1-3H3. The highest BCUT2D eigenvalue weighted by Gasteiger charge is 2.36. The Morgan fingerprint density at radius 2 is 2.04 bits per heavy atom. The maximum Gasteiger partial charge on any atom is 0.276 e. The predicted octanol–water partition coefficient (Wildman–Crippen LogP) is 1.40. The van der Waals surface area contributed by atoms with Gasteiger partial charge in [-0.1, -0.05) is 0 Å². The van der Waals surface area contributed by atoms with Gasteiger partial charge >= 0.3 is 0 Å². The van der Waals surface area contributed by atoms with Gasteiger partial charge in [0.1, 0.15) is 17.3 Å². The van der Waals surface area contributed by atoms with E-state index in [-0.39, 0.29) is 30.0 Å². The summed E-state index contributed by atoms with van der Waals surface area (Å²) in [5.41, 5.74) is 1.81. The highest BCUT2D eigenvalue weighted by Crippen LogP contribution is 2.41. The lowest BCUT2D eigenvalue weighted by molar-refractivity contribution is -0.118. The zero-order chi connectivity index (χ0) is 20.0. The van der Waals surface area contributed by atoms with Crippen molar-refractivity contribution in [2.75, 3.05) is 39.2 Å². The largest absolute Gasteiger partial charge is 0.494 e. The topological polar surface area (TPSA) is 83.0 Å². The molecule has 9 heteroatoms. The van der Waals surface area contributed by atoms with Crippen molar-refractivity contribution in [2.24, 2.45) is 0 Å². The van der Waals surface area contributed by atoms with Crippen LogP contribution in [0.3, 0.4) is 0 Å². The number of pyridine rings is 1. The van der Waals surface area contributed by atoms with Crippen LogP contribution in [0.5, 0.6) is 5.75 Å². The molecule has 0 radical (unpaired) electrons. The fourth-order valence-electron chi connectivity index (χ4n) is 3.57. The highest BCUT2D eigenvalue weighted by atomic mass is 32.1. The lowest BCUT2D eigenvalue weighted by Gasteiger charge is -2.27. The number of thiophene rings is 1. The van der Waals surface area contributed by atoms with Crippen LogP contribution < -0.4 is 9.64 Å². The molecule has 3 amide bonds. The fourth-order valence-corrected chi connectivity index (χ4v) is 4.90. The second-order valence-electron chi connectivity index (χ2n) is 6.83. The molecule has 2 aromatic rings. The first-order valence-corrected chi connectivity index (χ1v) is 9.68. The van der Waals surface area contributed by atoms with Crippen molar-refractivity contribution in [3.63, 3.8) is 0 Å². The summed E-state index contributed by atoms with van der Waals surface area (Å²) in [7, 11) is 4.84. The van der Waals surface area contributed by atoms with Crippen LogP contribution in [0.15, 0.2) is 18.3 Å². The van der Waals surface area contributed by atoms with Crippen molar-refractivity contribution < 1.29 is 19.1 Å². The van der Waals surface area contributed by atoms with Gasteiger partial charge in [-0.25, -0.2) is 4.98 Å². The Balaban J connectivity index is 1.68. The van der Waals surface area contributed by atoms with E-state index in [4.69, 9.17) is 4.74 Å². The molecule has 0 unspecified atom stereocenters. The quantitative estimate of drug-likeness (QED) is 0.761. The summed E-state index contributed by atoms with van der Waals surface area (Å²) in [6, 6.07) is 3.42. The molecule has 2 aromatic heterocycles. The van der Waals surface area contributed by atoms with E-state index in [1.165, 1.54) is 23.3 Å². The summed E-state index contributed by atoms with van der Waals surface area (Å²) in [6.45, 7) is 0.920. The average Bonchev–Trinajstić information content (AvgIpc) is 3.07. The normalized spacial score (nSPS) is 16.6. The summed E-state index contributed by atoms with van der Waals surface area (Å²) in [5.74, 6) is -0.0438. The molecule has 0 fully saturated rings. The summed E-state index contributed by atoms with van der Waals surface area (Å²) in [6.07, 6.45) is 2.12. The van der Waals surface area contributed by atoms with E-state index >= 15 is 0 Å². The first-order valence-electron chi connectivity index (χ1n) is 8.87. The van der Waals surface area contributed by atoms with Crippen LogP contribution in [0, 0.1) is 0 Å². The second-order valence-corrected chi connectivity index (χ2v) is 7.91. The summed E-state index contributed by atoms with van der Waals surface area (Å²) in [5, 5.41) is 0.661. The molecule has 8 nitrogen and oxygen atoms in total. The summed E-state index contributed by atoms with van der Waals surface area (Å²) in [4.78, 5) is 47.9. The first kappa shape index (κ1) is 18.4. The van der Waals surface area contributed by atoms with Crippen LogP contribution >= 0.6 is 11.3 Å². The number of hydrogen-bond acceptors (Lipinski definition) is 6. The van der Waals surface area contributed by atoms with Gasteiger partial charge in [0.2, 0.25) is 5.91 Å². The second kappa shape index (κ2) is 6.90. The van der Waals surface area contributed by atoms with Gasteiger partial charge in [-0.05, 0) is 24.1 Å². The summed E-state index contributed by atoms with van der Waals surface area (Å²) < 4.78 is 5.26. The number of ether oxygens (including phenoxy) is 1. The van der Waals surface area contributed by atoms with E-state index < -0.39 is 0 Å². The zero-order valence-electron chi connectivity index (χ0n) is 15.9. The maximum atomic E-state index is 13.0. The van der Waals surface area contributed by atoms with E-state index in [1.807, 2.05) is 0 Å². The van der Waals surface area contributed by atoms with E-state index in [0.717, 1.165) is 10.4 Å². The van der Waals surface area contributed by atoms with E-state index in [1.54, 1.807) is 42.2 Å². The number of nitrogens with zero attached hydrogens (tertiary/aromatic N) is 4. The number of fused-ring (bicyclic) bond motifs is 3. The Kier molecular flexibility index (Phi) is 4.54. The van der Waals surface area contributed by atoms with Crippen LogP contribution in [0.2, 0.25) is 0 Å². The van der Waals surface area contributed by atoms with Gasteiger partial charge in [0.25, 0.3) is 11.8 Å². The number of aromatic nitrogens is 1. The number of anilines is 1. The number of carbonyl (C=O) groups is 3. The molecule has 2 aliphatic heterocycles. The molecule has 0 spiro atoms. The molecule has 2 aliphatic rings. The Morgan fingerprint density at radius 1 is 1.25 bits per heavy atom. The van der Waals surface area contributed by atoms with Crippen LogP contribution in [0.25, 0.3) is 0 Å². The zero-order valence-corrected chi connectivity index (χ0v) is 16.7. The minimum absolute atomic E-state index is 0.0651.